The minimum absolute atomic E-state index is 0.0901. The number of hydrogen-bond acceptors (Lipinski definition) is 3. The molecule has 1 heterocycles. The summed E-state index contributed by atoms with van der Waals surface area (Å²) in [7, 11) is 0. The van der Waals surface area contributed by atoms with Gasteiger partial charge in [-0.3, -0.25) is 4.79 Å². The third-order valence-corrected chi connectivity index (χ3v) is 7.02. The van der Waals surface area contributed by atoms with Gasteiger partial charge in [0.1, 0.15) is 0 Å². The molecule has 0 aromatic rings. The Morgan fingerprint density at radius 1 is 1.25 bits per heavy atom. The predicted molar refractivity (Wildman–Crippen MR) is 90.0 cm³/mol. The van der Waals surface area contributed by atoms with Crippen LogP contribution in [0.2, 0.25) is 0 Å². The molecule has 20 heavy (non-hydrogen) atoms. The zero-order chi connectivity index (χ0) is 14.8. The number of rotatable bonds is 3. The first-order valence-corrected chi connectivity index (χ1v) is 9.25. The summed E-state index contributed by atoms with van der Waals surface area (Å²) in [5.74, 6) is 1.42. The Bertz CT molecular complexity index is 370. The zero-order valence-corrected chi connectivity index (χ0v) is 14.2. The zero-order valence-electron chi connectivity index (χ0n) is 12.6. The van der Waals surface area contributed by atoms with E-state index in [4.69, 9.17) is 18.0 Å². The van der Waals surface area contributed by atoms with Crippen molar-refractivity contribution in [1.29, 1.82) is 0 Å². The van der Waals surface area contributed by atoms with Crippen LogP contribution in [-0.2, 0) is 4.79 Å². The Labute approximate surface area is 132 Å². The Balaban J connectivity index is 1.90. The fraction of sp³-hybridized carbons (Fsp3) is 0.867. The number of piperidine rings is 1. The molecule has 1 amide bonds. The van der Waals surface area contributed by atoms with Crippen LogP contribution >= 0.6 is 24.0 Å². The first-order chi connectivity index (χ1) is 9.48. The second kappa shape index (κ2) is 6.65. The van der Waals surface area contributed by atoms with E-state index in [1.165, 1.54) is 12.8 Å². The molecule has 114 valence electrons. The molecule has 2 aliphatic rings. The largest absolute Gasteiger partial charge is 0.392 e. The van der Waals surface area contributed by atoms with E-state index in [0.717, 1.165) is 44.7 Å². The van der Waals surface area contributed by atoms with Crippen molar-refractivity contribution in [3.63, 3.8) is 0 Å². The van der Waals surface area contributed by atoms with E-state index in [9.17, 15) is 4.79 Å². The molecule has 1 saturated carbocycles. The standard InChI is InChI=1S/C15H26N2OS2/c1-11-3-5-12(6-4-11)13(18)17-9-7-15(20-2,8-10-17)14(16)19/h11-12H,3-10H2,1-2H3,(H2,16,19). The molecule has 1 aliphatic carbocycles. The summed E-state index contributed by atoms with van der Waals surface area (Å²) >= 11 is 6.97. The highest BCUT2D eigenvalue weighted by Crippen LogP contribution is 2.36. The van der Waals surface area contributed by atoms with Crippen molar-refractivity contribution >= 4 is 34.9 Å². The van der Waals surface area contributed by atoms with Crippen molar-refractivity contribution in [3.05, 3.63) is 0 Å². The lowest BCUT2D eigenvalue weighted by atomic mass is 9.82. The smallest absolute Gasteiger partial charge is 0.225 e. The molecule has 0 radical (unpaired) electrons. The topological polar surface area (TPSA) is 46.3 Å². The summed E-state index contributed by atoms with van der Waals surface area (Å²) in [4.78, 5) is 15.2. The summed E-state index contributed by atoms with van der Waals surface area (Å²) in [5.41, 5.74) is 5.90. The minimum Gasteiger partial charge on any atom is -0.392 e. The highest BCUT2D eigenvalue weighted by atomic mass is 32.2. The number of thioether (sulfide) groups is 1. The predicted octanol–water partition coefficient (Wildman–Crippen LogP) is 2.82. The van der Waals surface area contributed by atoms with Crippen LogP contribution in [0.15, 0.2) is 0 Å². The van der Waals surface area contributed by atoms with Gasteiger partial charge in [0.25, 0.3) is 0 Å². The van der Waals surface area contributed by atoms with Crippen molar-refractivity contribution in [2.24, 2.45) is 17.6 Å². The van der Waals surface area contributed by atoms with Crippen LogP contribution in [-0.4, -0.2) is 39.9 Å². The quantitative estimate of drug-likeness (QED) is 0.814. The first kappa shape index (κ1) is 16.1. The highest BCUT2D eigenvalue weighted by molar-refractivity contribution is 8.02. The SMILES string of the molecule is CSC1(C(N)=S)CCN(C(=O)C2CCC(C)CC2)CC1. The maximum Gasteiger partial charge on any atom is 0.225 e. The van der Waals surface area contributed by atoms with Gasteiger partial charge in [0.15, 0.2) is 0 Å². The molecule has 0 aromatic heterocycles. The average molecular weight is 315 g/mol. The second-order valence-corrected chi connectivity index (χ2v) is 7.97. The van der Waals surface area contributed by atoms with E-state index in [-0.39, 0.29) is 10.7 Å². The lowest BCUT2D eigenvalue weighted by molar-refractivity contribution is -0.137. The van der Waals surface area contributed by atoms with E-state index in [0.29, 0.717) is 10.9 Å². The van der Waals surface area contributed by atoms with Crippen LogP contribution in [0.4, 0.5) is 0 Å². The maximum absolute atomic E-state index is 12.6. The van der Waals surface area contributed by atoms with Crippen LogP contribution < -0.4 is 5.73 Å². The Kier molecular flexibility index (Phi) is 5.35. The van der Waals surface area contributed by atoms with Gasteiger partial charge >= 0.3 is 0 Å². The second-order valence-electron chi connectivity index (χ2n) is 6.34. The van der Waals surface area contributed by atoms with E-state index >= 15 is 0 Å². The van der Waals surface area contributed by atoms with Gasteiger partial charge in [0.2, 0.25) is 5.91 Å². The van der Waals surface area contributed by atoms with Gasteiger partial charge in [-0.15, -0.1) is 0 Å². The van der Waals surface area contributed by atoms with Crippen molar-refractivity contribution in [1.82, 2.24) is 4.90 Å². The molecule has 2 fully saturated rings. The van der Waals surface area contributed by atoms with Crippen molar-refractivity contribution in [3.8, 4) is 0 Å². The van der Waals surface area contributed by atoms with E-state index in [2.05, 4.69) is 13.2 Å². The van der Waals surface area contributed by atoms with Crippen molar-refractivity contribution in [2.75, 3.05) is 19.3 Å². The molecule has 5 heteroatoms. The lowest BCUT2D eigenvalue weighted by Gasteiger charge is -2.41. The summed E-state index contributed by atoms with van der Waals surface area (Å²) in [6.45, 7) is 3.91. The average Bonchev–Trinajstić information content (AvgIpc) is 2.47. The summed E-state index contributed by atoms with van der Waals surface area (Å²) in [6.07, 6.45) is 8.41. The molecule has 1 saturated heterocycles. The van der Waals surface area contributed by atoms with Gasteiger partial charge in [-0.1, -0.05) is 19.1 Å². The van der Waals surface area contributed by atoms with E-state index in [1.54, 1.807) is 11.8 Å². The van der Waals surface area contributed by atoms with Crippen LogP contribution in [0.3, 0.4) is 0 Å². The third kappa shape index (κ3) is 3.30. The molecule has 0 bridgehead atoms. The lowest BCUT2D eigenvalue weighted by Crippen LogP contribution is -2.52. The van der Waals surface area contributed by atoms with E-state index < -0.39 is 0 Å². The van der Waals surface area contributed by atoms with Gasteiger partial charge in [-0.25, -0.2) is 0 Å². The van der Waals surface area contributed by atoms with Crippen LogP contribution in [0.5, 0.6) is 0 Å². The molecule has 1 aliphatic heterocycles. The van der Waals surface area contributed by atoms with Crippen molar-refractivity contribution in [2.45, 2.75) is 50.2 Å². The molecule has 0 atom stereocenters. The summed E-state index contributed by atoms with van der Waals surface area (Å²) < 4.78 is -0.0901. The Hall–Kier alpha value is -0.290. The number of nitrogens with two attached hydrogens (primary N) is 1. The number of thiocarbonyl (C=S) groups is 1. The number of carbonyl (C=O) groups is 1. The molecular formula is C15H26N2OS2. The van der Waals surface area contributed by atoms with Crippen LogP contribution in [0.1, 0.15) is 45.4 Å². The van der Waals surface area contributed by atoms with Crippen LogP contribution in [0, 0.1) is 11.8 Å². The van der Waals surface area contributed by atoms with Crippen LogP contribution in [0.25, 0.3) is 0 Å². The number of hydrogen-bond donors (Lipinski definition) is 1. The molecular weight excluding hydrogens is 288 g/mol. The normalized spacial score (nSPS) is 30.0. The van der Waals surface area contributed by atoms with Gasteiger partial charge < -0.3 is 10.6 Å². The summed E-state index contributed by atoms with van der Waals surface area (Å²) in [5, 5.41) is 0. The maximum atomic E-state index is 12.6. The fourth-order valence-corrected chi connectivity index (χ4v) is 4.65. The number of likely N-dealkylation sites (tertiary alicyclic amines) is 1. The summed E-state index contributed by atoms with van der Waals surface area (Å²) in [6, 6.07) is 0. The fourth-order valence-electron chi connectivity index (χ4n) is 3.40. The molecule has 3 nitrogen and oxygen atoms in total. The number of carbonyl (C=O) groups excluding carboxylic acids is 1. The van der Waals surface area contributed by atoms with Gasteiger partial charge in [0.05, 0.1) is 9.74 Å². The minimum atomic E-state index is -0.0901. The van der Waals surface area contributed by atoms with E-state index in [1.807, 2.05) is 4.90 Å². The van der Waals surface area contributed by atoms with Crippen molar-refractivity contribution < 1.29 is 4.79 Å². The molecule has 2 rings (SSSR count). The molecule has 0 unspecified atom stereocenters. The monoisotopic (exact) mass is 314 g/mol. The van der Waals surface area contributed by atoms with Gasteiger partial charge in [-0.2, -0.15) is 11.8 Å². The molecule has 0 spiro atoms. The number of nitrogens with zero attached hydrogens (tertiary/aromatic N) is 1. The first-order valence-electron chi connectivity index (χ1n) is 7.62. The molecule has 2 N–H and O–H groups in total. The molecule has 0 aromatic carbocycles. The van der Waals surface area contributed by atoms with Gasteiger partial charge in [-0.05, 0) is 50.7 Å². The Morgan fingerprint density at radius 2 is 1.80 bits per heavy atom. The highest BCUT2D eigenvalue weighted by Gasteiger charge is 2.39. The number of amides is 1. The van der Waals surface area contributed by atoms with Gasteiger partial charge in [0, 0.05) is 19.0 Å². The third-order valence-electron chi connectivity index (χ3n) is 5.09. The Morgan fingerprint density at radius 3 is 2.25 bits per heavy atom.